The first-order chi connectivity index (χ1) is 24.2. The monoisotopic (exact) mass is 684 g/mol. The highest BCUT2D eigenvalue weighted by Gasteiger charge is 2.43. The topological polar surface area (TPSA) is 201 Å². The molecule has 0 unspecified atom stereocenters. The van der Waals surface area contributed by atoms with E-state index in [1.807, 2.05) is 12.1 Å². The smallest absolute Gasteiger partial charge is 0.246 e. The molecule has 4 heterocycles. The van der Waals surface area contributed by atoms with Gasteiger partial charge in [-0.3, -0.25) is 34.4 Å². The van der Waals surface area contributed by atoms with Crippen LogP contribution in [0.2, 0.25) is 0 Å². The number of aliphatic imine (C=N–C) groups is 1. The number of ketones is 1. The van der Waals surface area contributed by atoms with E-state index in [4.69, 9.17) is 10.4 Å². The van der Waals surface area contributed by atoms with E-state index in [0.29, 0.717) is 35.4 Å². The predicted molar refractivity (Wildman–Crippen MR) is 181 cm³/mol. The van der Waals surface area contributed by atoms with Gasteiger partial charge in [0.05, 0.1) is 22.5 Å². The van der Waals surface area contributed by atoms with Crippen LogP contribution in [-0.4, -0.2) is 81.7 Å². The average Bonchev–Trinajstić information content (AvgIpc) is 3.12. The molecule has 2 aliphatic carbocycles. The molecule has 0 saturated carbocycles. The van der Waals surface area contributed by atoms with Crippen LogP contribution < -0.4 is 21.2 Å². The summed E-state index contributed by atoms with van der Waals surface area (Å²) in [6, 6.07) is 1.88. The number of Topliss-reactive ketones (excluding diaryl/α,β-unsaturated/α-hetero) is 1. The number of aliphatic hydroxyl groups excluding tert-OH is 1. The minimum Gasteiger partial charge on any atom is -0.506 e. The highest BCUT2D eigenvalue weighted by molar-refractivity contribution is 6.42. The van der Waals surface area contributed by atoms with Crippen LogP contribution in [0, 0.1) is 0 Å². The van der Waals surface area contributed by atoms with E-state index in [1.54, 1.807) is 0 Å². The standard InChI is InChI=1S/C36H40N6O8/c43-25(9-11-27(45)39-49)37-31-21-7-3-15-41-13-1-5-19(33(21)41)17-23(31)29-35(47)30(36(29)48)24-18-20-6-2-14-42-16-4-8-22(34(20)42)32(24)38-26(44)10-12-28(46)40-50/h17-18,47,49-50H,1-16H2,(H,37,43)(H,39,45)(H,40,46). The second kappa shape index (κ2) is 13.7. The molecule has 1 aromatic carbocycles. The number of carbonyl (C=O) groups is 5. The number of carbonyl (C=O) groups excluding carboxylic acids is 5. The molecule has 6 aliphatic rings. The van der Waals surface area contributed by atoms with Gasteiger partial charge in [0.2, 0.25) is 29.4 Å². The maximum atomic E-state index is 14.4. The number of piperidine rings is 1. The minimum atomic E-state index is -0.716. The number of hydrogen-bond acceptors (Lipinski definition) is 10. The van der Waals surface area contributed by atoms with Gasteiger partial charge in [0.15, 0.2) is 0 Å². The van der Waals surface area contributed by atoms with Crippen molar-refractivity contribution in [2.75, 3.05) is 36.4 Å². The van der Waals surface area contributed by atoms with Gasteiger partial charge in [-0.2, -0.15) is 0 Å². The van der Waals surface area contributed by atoms with E-state index in [9.17, 15) is 29.1 Å². The van der Waals surface area contributed by atoms with Gasteiger partial charge in [0.25, 0.3) is 0 Å². The molecule has 14 heteroatoms. The SMILES string of the molecule is O=C(CCC(=O)NO)N=C1C(=C2C(=O)C(c3cc4c5c(c3NC(=O)CCC(=O)NO)CCCN5CCC4)=C2O)C=C2CCCN3CCCC1=C23. The molecule has 4 amide bonds. The van der Waals surface area contributed by atoms with Crippen molar-refractivity contribution in [3.05, 3.63) is 62.6 Å². The Morgan fingerprint density at radius 3 is 2.14 bits per heavy atom. The third kappa shape index (κ3) is 5.92. The summed E-state index contributed by atoms with van der Waals surface area (Å²) in [5, 5.41) is 32.6. The molecule has 1 saturated heterocycles. The summed E-state index contributed by atoms with van der Waals surface area (Å²) in [5.74, 6) is -3.16. The lowest BCUT2D eigenvalue weighted by Crippen LogP contribution is -2.38. The number of nitrogens with one attached hydrogen (secondary N) is 3. The summed E-state index contributed by atoms with van der Waals surface area (Å²) < 4.78 is 0. The van der Waals surface area contributed by atoms with E-state index in [2.05, 4.69) is 20.1 Å². The minimum absolute atomic E-state index is 0.0475. The zero-order valence-electron chi connectivity index (χ0n) is 27.7. The van der Waals surface area contributed by atoms with Gasteiger partial charge < -0.3 is 20.2 Å². The summed E-state index contributed by atoms with van der Waals surface area (Å²) in [4.78, 5) is 72.9. The van der Waals surface area contributed by atoms with Gasteiger partial charge in [0.1, 0.15) is 5.76 Å². The van der Waals surface area contributed by atoms with Crippen molar-refractivity contribution in [3.8, 4) is 0 Å². The summed E-state index contributed by atoms with van der Waals surface area (Å²) >= 11 is 0. The van der Waals surface area contributed by atoms with Crippen LogP contribution in [0.1, 0.15) is 80.9 Å². The number of aryl methyl sites for hydroxylation is 1. The predicted octanol–water partition coefficient (Wildman–Crippen LogP) is 3.09. The maximum absolute atomic E-state index is 14.4. The van der Waals surface area contributed by atoms with Crippen LogP contribution in [0.25, 0.3) is 5.57 Å². The van der Waals surface area contributed by atoms with Gasteiger partial charge in [-0.15, -0.1) is 0 Å². The van der Waals surface area contributed by atoms with E-state index in [1.165, 1.54) is 11.0 Å². The molecule has 0 atom stereocenters. The number of hydrogen-bond donors (Lipinski definition) is 6. The molecule has 6 N–H and O–H groups in total. The average molecular weight is 685 g/mol. The van der Waals surface area contributed by atoms with Gasteiger partial charge in [-0.25, -0.2) is 16.0 Å². The van der Waals surface area contributed by atoms with E-state index < -0.39 is 29.4 Å². The molecule has 14 nitrogen and oxygen atoms in total. The first-order valence-corrected chi connectivity index (χ1v) is 17.3. The Kier molecular flexibility index (Phi) is 9.14. The van der Waals surface area contributed by atoms with Crippen LogP contribution in [0.15, 0.2) is 50.9 Å². The number of hydroxylamine groups is 2. The van der Waals surface area contributed by atoms with Crippen molar-refractivity contribution in [2.24, 2.45) is 4.99 Å². The summed E-state index contributed by atoms with van der Waals surface area (Å²) in [7, 11) is 0. The Morgan fingerprint density at radius 2 is 1.42 bits per heavy atom. The maximum Gasteiger partial charge on any atom is 0.246 e. The van der Waals surface area contributed by atoms with Crippen LogP contribution in [0.3, 0.4) is 0 Å². The lowest BCUT2D eigenvalue weighted by molar-refractivity contribution is -0.131. The number of rotatable bonds is 8. The number of nitrogens with zero attached hydrogens (tertiary/aromatic N) is 3. The van der Waals surface area contributed by atoms with Crippen molar-refractivity contribution in [3.63, 3.8) is 0 Å². The largest absolute Gasteiger partial charge is 0.506 e. The highest BCUT2D eigenvalue weighted by atomic mass is 16.5. The summed E-state index contributed by atoms with van der Waals surface area (Å²) in [6.07, 6.45) is 7.26. The van der Waals surface area contributed by atoms with Crippen molar-refractivity contribution >= 4 is 52.1 Å². The van der Waals surface area contributed by atoms with Crippen LogP contribution >= 0.6 is 0 Å². The number of allylic oxidation sites excluding steroid dienone is 6. The second-order valence-corrected chi connectivity index (χ2v) is 13.5. The van der Waals surface area contributed by atoms with Crippen molar-refractivity contribution in [1.29, 1.82) is 0 Å². The molecule has 7 rings (SSSR count). The molecular formula is C36H40N6O8. The first kappa shape index (κ1) is 33.4. The molecule has 1 aromatic rings. The molecule has 0 bridgehead atoms. The fraction of sp³-hybridized carbons (Fsp3) is 0.444. The van der Waals surface area contributed by atoms with Crippen LogP contribution in [0.5, 0.6) is 0 Å². The Bertz CT molecular complexity index is 1880. The zero-order valence-corrected chi connectivity index (χ0v) is 27.7. The third-order valence-electron chi connectivity index (χ3n) is 10.4. The quantitative estimate of drug-likeness (QED) is 0.134. The summed E-state index contributed by atoms with van der Waals surface area (Å²) in [5.41, 5.74) is 10.5. The molecule has 0 aromatic heterocycles. The molecule has 262 valence electrons. The van der Waals surface area contributed by atoms with Crippen molar-refractivity contribution in [1.82, 2.24) is 15.9 Å². The Hall–Kier alpha value is -5.08. The van der Waals surface area contributed by atoms with Gasteiger partial charge >= 0.3 is 0 Å². The number of anilines is 2. The molecule has 1 fully saturated rings. The van der Waals surface area contributed by atoms with Gasteiger partial charge in [0, 0.05) is 80.0 Å². The van der Waals surface area contributed by atoms with E-state index in [-0.39, 0.29) is 42.6 Å². The lowest BCUT2D eigenvalue weighted by atomic mass is 9.73. The molecule has 0 spiro atoms. The van der Waals surface area contributed by atoms with Crippen molar-refractivity contribution < 1.29 is 39.5 Å². The molecule has 4 aliphatic heterocycles. The summed E-state index contributed by atoms with van der Waals surface area (Å²) in [6.45, 7) is 3.49. The number of aliphatic hydroxyl groups is 1. The third-order valence-corrected chi connectivity index (χ3v) is 10.4. The fourth-order valence-electron chi connectivity index (χ4n) is 8.21. The molecular weight excluding hydrogens is 644 g/mol. The fourth-order valence-corrected chi connectivity index (χ4v) is 8.21. The van der Waals surface area contributed by atoms with E-state index in [0.717, 1.165) is 98.4 Å². The van der Waals surface area contributed by atoms with Gasteiger partial charge in [-0.05, 0) is 80.2 Å². The number of benzene rings is 1. The van der Waals surface area contributed by atoms with Crippen LogP contribution in [0.4, 0.5) is 11.4 Å². The first-order valence-electron chi connectivity index (χ1n) is 17.3. The van der Waals surface area contributed by atoms with Gasteiger partial charge in [-0.1, -0.05) is 0 Å². The molecule has 50 heavy (non-hydrogen) atoms. The van der Waals surface area contributed by atoms with E-state index >= 15 is 0 Å². The lowest BCUT2D eigenvalue weighted by Gasteiger charge is -2.42. The second-order valence-electron chi connectivity index (χ2n) is 13.5. The Morgan fingerprint density at radius 1 is 0.780 bits per heavy atom. The Balaban J connectivity index is 1.35. The van der Waals surface area contributed by atoms with Crippen LogP contribution in [-0.2, 0) is 36.8 Å². The zero-order chi connectivity index (χ0) is 35.1. The number of amides is 4. The normalized spacial score (nSPS) is 21.7. The highest BCUT2D eigenvalue weighted by Crippen LogP contribution is 2.49. The Labute approximate surface area is 288 Å². The molecule has 0 radical (unpaired) electrons. The van der Waals surface area contributed by atoms with Crippen molar-refractivity contribution in [2.45, 2.75) is 77.0 Å².